The molecular weight excluding hydrogens is 344 g/mol. The van der Waals surface area contributed by atoms with Crippen LogP contribution in [0.15, 0.2) is 53.4 Å². The van der Waals surface area contributed by atoms with Crippen molar-refractivity contribution >= 4 is 15.7 Å². The summed E-state index contributed by atoms with van der Waals surface area (Å²) in [7, 11) is -2.63. The van der Waals surface area contributed by atoms with Gasteiger partial charge in [-0.15, -0.1) is 0 Å². The number of nitro benzene ring substituents is 1. The molecular formula is C17H20N2O5S. The fourth-order valence-corrected chi connectivity index (χ4v) is 3.77. The van der Waals surface area contributed by atoms with E-state index in [9.17, 15) is 18.5 Å². The van der Waals surface area contributed by atoms with Crippen molar-refractivity contribution in [3.8, 4) is 5.75 Å². The van der Waals surface area contributed by atoms with Gasteiger partial charge in [-0.3, -0.25) is 10.1 Å². The molecule has 8 heteroatoms. The maximum Gasteiger partial charge on any atom is 0.271 e. The molecule has 0 saturated heterocycles. The lowest BCUT2D eigenvalue weighted by atomic mass is 9.97. The second-order valence-corrected chi connectivity index (χ2v) is 7.20. The quantitative estimate of drug-likeness (QED) is 0.573. The molecule has 0 amide bonds. The van der Waals surface area contributed by atoms with Gasteiger partial charge < -0.3 is 4.74 Å². The highest BCUT2D eigenvalue weighted by molar-refractivity contribution is 7.89. The predicted molar refractivity (Wildman–Crippen MR) is 94.3 cm³/mol. The fourth-order valence-electron chi connectivity index (χ4n) is 2.50. The molecule has 0 aliphatic heterocycles. The molecule has 0 aromatic heterocycles. The number of hydrogen-bond donors (Lipinski definition) is 1. The Hall–Kier alpha value is -2.45. The summed E-state index contributed by atoms with van der Waals surface area (Å²) in [5.41, 5.74) is 0.718. The van der Waals surface area contributed by atoms with Crippen LogP contribution in [0.2, 0.25) is 0 Å². The van der Waals surface area contributed by atoms with Crippen LogP contribution in [0, 0.1) is 10.1 Å². The topological polar surface area (TPSA) is 98.5 Å². The zero-order valence-corrected chi connectivity index (χ0v) is 14.8. The lowest BCUT2D eigenvalue weighted by Gasteiger charge is -2.17. The third-order valence-corrected chi connectivity index (χ3v) is 5.38. The highest BCUT2D eigenvalue weighted by Crippen LogP contribution is 2.28. The van der Waals surface area contributed by atoms with Crippen molar-refractivity contribution < 1.29 is 18.1 Å². The van der Waals surface area contributed by atoms with E-state index in [1.165, 1.54) is 19.2 Å². The minimum atomic E-state index is -3.95. The maximum absolute atomic E-state index is 12.6. The molecule has 0 saturated carbocycles. The summed E-state index contributed by atoms with van der Waals surface area (Å²) in [6.45, 7) is 2.16. The largest absolute Gasteiger partial charge is 0.495 e. The molecule has 1 atom stereocenters. The van der Waals surface area contributed by atoms with Gasteiger partial charge in [0, 0.05) is 18.7 Å². The zero-order valence-electron chi connectivity index (χ0n) is 14.0. The molecule has 1 N–H and O–H groups in total. The van der Waals surface area contributed by atoms with E-state index in [1.54, 1.807) is 0 Å². The summed E-state index contributed by atoms with van der Waals surface area (Å²) in [6.07, 6.45) is 0.749. The molecule has 1 unspecified atom stereocenters. The number of sulfonamides is 1. The first-order chi connectivity index (χ1) is 11.9. The molecule has 134 valence electrons. The van der Waals surface area contributed by atoms with E-state index in [0.29, 0.717) is 0 Å². The summed E-state index contributed by atoms with van der Waals surface area (Å²) in [5.74, 6) is 0.0616. The van der Waals surface area contributed by atoms with Gasteiger partial charge in [0.25, 0.3) is 5.69 Å². The molecule has 0 fully saturated rings. The average Bonchev–Trinajstić information content (AvgIpc) is 2.62. The molecule has 2 aromatic carbocycles. The van der Waals surface area contributed by atoms with Crippen LogP contribution in [-0.2, 0) is 10.0 Å². The number of nitro groups is 1. The second-order valence-electron chi connectivity index (χ2n) is 5.46. The van der Waals surface area contributed by atoms with Crippen LogP contribution in [0.4, 0.5) is 5.69 Å². The first-order valence-corrected chi connectivity index (χ1v) is 9.24. The van der Waals surface area contributed by atoms with Crippen molar-refractivity contribution in [1.82, 2.24) is 4.72 Å². The maximum atomic E-state index is 12.6. The van der Waals surface area contributed by atoms with Gasteiger partial charge in [-0.1, -0.05) is 37.3 Å². The van der Waals surface area contributed by atoms with E-state index >= 15 is 0 Å². The zero-order chi connectivity index (χ0) is 18.4. The molecule has 25 heavy (non-hydrogen) atoms. The summed E-state index contributed by atoms with van der Waals surface area (Å²) in [5, 5.41) is 10.9. The predicted octanol–water partition coefficient (Wildman–Crippen LogP) is 3.08. The highest BCUT2D eigenvalue weighted by atomic mass is 32.2. The minimum absolute atomic E-state index is 0.000618. The van der Waals surface area contributed by atoms with Gasteiger partial charge in [0.1, 0.15) is 10.6 Å². The van der Waals surface area contributed by atoms with Gasteiger partial charge in [-0.2, -0.15) is 0 Å². The van der Waals surface area contributed by atoms with Crippen molar-refractivity contribution in [3.05, 3.63) is 64.2 Å². The molecule has 0 bridgehead atoms. The molecule has 7 nitrogen and oxygen atoms in total. The first kappa shape index (κ1) is 18.9. The van der Waals surface area contributed by atoms with Gasteiger partial charge >= 0.3 is 0 Å². The number of hydrogen-bond acceptors (Lipinski definition) is 5. The van der Waals surface area contributed by atoms with Crippen molar-refractivity contribution in [1.29, 1.82) is 0 Å². The third kappa shape index (κ3) is 4.55. The number of rotatable bonds is 8. The lowest BCUT2D eigenvalue weighted by Crippen LogP contribution is -2.28. The van der Waals surface area contributed by atoms with Crippen LogP contribution in [0.1, 0.15) is 24.8 Å². The molecule has 0 heterocycles. The number of nitrogens with zero attached hydrogens (tertiary/aromatic N) is 1. The standard InChI is InChI=1S/C17H20N2O5S/c1-3-13(14-7-5-4-6-8-14)12-18-25(22,23)17-11-15(19(20)21)9-10-16(17)24-2/h4-11,13,18H,3,12H2,1-2H3. The van der Waals surface area contributed by atoms with Crippen LogP contribution in [-0.4, -0.2) is 27.0 Å². The molecule has 2 rings (SSSR count). The van der Waals surface area contributed by atoms with Crippen LogP contribution < -0.4 is 9.46 Å². The van der Waals surface area contributed by atoms with Crippen molar-refractivity contribution in [2.75, 3.05) is 13.7 Å². The Kier molecular flexibility index (Phi) is 6.11. The van der Waals surface area contributed by atoms with Crippen molar-refractivity contribution in [3.63, 3.8) is 0 Å². The third-order valence-electron chi connectivity index (χ3n) is 3.93. The molecule has 0 aliphatic carbocycles. The van der Waals surface area contributed by atoms with Crippen LogP contribution >= 0.6 is 0 Å². The summed E-state index contributed by atoms with van der Waals surface area (Å²) in [6, 6.07) is 13.1. The Bertz CT molecular complexity index is 837. The Labute approximate surface area is 146 Å². The van der Waals surface area contributed by atoms with E-state index in [2.05, 4.69) is 4.72 Å². The Balaban J connectivity index is 2.26. The molecule has 0 spiro atoms. The van der Waals surface area contributed by atoms with Crippen LogP contribution in [0.25, 0.3) is 0 Å². The summed E-state index contributed by atoms with van der Waals surface area (Å²) in [4.78, 5) is 10.0. The number of methoxy groups -OCH3 is 1. The van der Waals surface area contributed by atoms with Crippen LogP contribution in [0.5, 0.6) is 5.75 Å². The van der Waals surface area contributed by atoms with Gasteiger partial charge in [-0.05, 0) is 24.0 Å². The summed E-state index contributed by atoms with van der Waals surface area (Å²) >= 11 is 0. The highest BCUT2D eigenvalue weighted by Gasteiger charge is 2.24. The average molecular weight is 364 g/mol. The van der Waals surface area contributed by atoms with Crippen molar-refractivity contribution in [2.45, 2.75) is 24.2 Å². The second kappa shape index (κ2) is 8.09. The molecule has 0 aliphatic rings. The normalized spacial score (nSPS) is 12.6. The van der Waals surface area contributed by atoms with Gasteiger partial charge in [0.05, 0.1) is 12.0 Å². The van der Waals surface area contributed by atoms with E-state index in [4.69, 9.17) is 4.74 Å². The fraction of sp³-hybridized carbons (Fsp3) is 0.294. The Morgan fingerprint density at radius 3 is 2.44 bits per heavy atom. The van der Waals surface area contributed by atoms with Crippen molar-refractivity contribution in [2.24, 2.45) is 0 Å². The Morgan fingerprint density at radius 2 is 1.88 bits per heavy atom. The minimum Gasteiger partial charge on any atom is -0.495 e. The van der Waals surface area contributed by atoms with E-state index in [0.717, 1.165) is 18.1 Å². The summed E-state index contributed by atoms with van der Waals surface area (Å²) < 4.78 is 32.8. The number of ether oxygens (including phenoxy) is 1. The van der Waals surface area contributed by atoms with E-state index in [1.807, 2.05) is 37.3 Å². The van der Waals surface area contributed by atoms with Crippen LogP contribution in [0.3, 0.4) is 0 Å². The van der Waals surface area contributed by atoms with E-state index in [-0.39, 0.29) is 28.8 Å². The number of benzene rings is 2. The molecule has 0 radical (unpaired) electrons. The monoisotopic (exact) mass is 364 g/mol. The lowest BCUT2D eigenvalue weighted by molar-refractivity contribution is -0.385. The number of non-ortho nitro benzene ring substituents is 1. The van der Waals surface area contributed by atoms with E-state index < -0.39 is 14.9 Å². The smallest absolute Gasteiger partial charge is 0.271 e. The SMILES string of the molecule is CCC(CNS(=O)(=O)c1cc([N+](=O)[O-])ccc1OC)c1ccccc1. The first-order valence-electron chi connectivity index (χ1n) is 7.76. The molecule has 2 aromatic rings. The van der Waals surface area contributed by atoms with Gasteiger partial charge in [0.2, 0.25) is 10.0 Å². The number of nitrogens with one attached hydrogen (secondary N) is 1. The van der Waals surface area contributed by atoms with Gasteiger partial charge in [-0.25, -0.2) is 13.1 Å². The Morgan fingerprint density at radius 1 is 1.20 bits per heavy atom. The van der Waals surface area contributed by atoms with Gasteiger partial charge in [0.15, 0.2) is 0 Å².